The highest BCUT2D eigenvalue weighted by Crippen LogP contribution is 2.28. The fourth-order valence-electron chi connectivity index (χ4n) is 1.34. The summed E-state index contributed by atoms with van der Waals surface area (Å²) in [4.78, 5) is 12.2. The van der Waals surface area contributed by atoms with E-state index in [-0.39, 0.29) is 5.91 Å². The molecule has 0 aliphatic carbocycles. The van der Waals surface area contributed by atoms with Gasteiger partial charge in [-0.05, 0) is 55.5 Å². The van der Waals surface area contributed by atoms with Crippen molar-refractivity contribution in [1.82, 2.24) is 5.32 Å². The molecule has 1 amide bonds. The number of rotatable bonds is 4. The number of hydrogen-bond donors (Lipinski definition) is 2. The van der Waals surface area contributed by atoms with Crippen LogP contribution in [0.15, 0.2) is 12.1 Å². The van der Waals surface area contributed by atoms with Crippen LogP contribution in [-0.4, -0.2) is 29.8 Å². The summed E-state index contributed by atoms with van der Waals surface area (Å²) in [7, 11) is 1.50. The lowest BCUT2D eigenvalue weighted by atomic mass is 9.98. The van der Waals surface area contributed by atoms with Crippen molar-refractivity contribution < 1.29 is 14.6 Å². The molecule has 0 heterocycles. The van der Waals surface area contributed by atoms with E-state index in [1.165, 1.54) is 7.11 Å². The van der Waals surface area contributed by atoms with Gasteiger partial charge >= 0.3 is 0 Å². The first-order valence-electron chi connectivity index (χ1n) is 5.72. The van der Waals surface area contributed by atoms with Crippen LogP contribution in [0.4, 0.5) is 0 Å². The summed E-state index contributed by atoms with van der Waals surface area (Å²) in [6.45, 7) is 5.12. The monoisotopic (exact) mass is 397 g/mol. The summed E-state index contributed by atoms with van der Waals surface area (Å²) >= 11 is 8.10. The molecule has 1 aromatic carbocycles. The topological polar surface area (TPSA) is 58.6 Å². The molecule has 4 nitrogen and oxygen atoms in total. The van der Waals surface area contributed by atoms with Crippen molar-refractivity contribution in [3.8, 4) is 5.75 Å². The maximum absolute atomic E-state index is 12.2. The Morgan fingerprint density at radius 2 is 2.11 bits per heavy atom. The van der Waals surface area contributed by atoms with Crippen molar-refractivity contribution in [3.05, 3.63) is 26.3 Å². The Hall–Kier alpha value is -0.530. The number of ether oxygens (including phenoxy) is 1. The van der Waals surface area contributed by atoms with Gasteiger partial charge in [-0.3, -0.25) is 4.79 Å². The number of carbonyl (C=O) groups is 1. The van der Waals surface area contributed by atoms with Gasteiger partial charge < -0.3 is 15.2 Å². The van der Waals surface area contributed by atoms with E-state index in [0.29, 0.717) is 16.3 Å². The van der Waals surface area contributed by atoms with E-state index in [1.807, 2.05) is 0 Å². The van der Waals surface area contributed by atoms with E-state index >= 15 is 0 Å². The van der Waals surface area contributed by atoms with Crippen LogP contribution in [-0.2, 0) is 0 Å². The zero-order chi connectivity index (χ0) is 14.8. The lowest BCUT2D eigenvalue weighted by Crippen LogP contribution is -2.51. The average Bonchev–Trinajstić information content (AvgIpc) is 2.31. The largest absolute Gasteiger partial charge is 0.496 e. The second-order valence-electron chi connectivity index (χ2n) is 4.82. The number of carbonyl (C=O) groups excluding carboxylic acids is 1. The number of amides is 1. The second-order valence-corrected chi connectivity index (χ2v) is 6.39. The lowest BCUT2D eigenvalue weighted by Gasteiger charge is -2.29. The highest BCUT2D eigenvalue weighted by molar-refractivity contribution is 14.1. The van der Waals surface area contributed by atoms with Crippen LogP contribution in [0.3, 0.4) is 0 Å². The smallest absolute Gasteiger partial charge is 0.255 e. The van der Waals surface area contributed by atoms with Crippen molar-refractivity contribution >= 4 is 40.1 Å². The Balaban J connectivity index is 3.10. The summed E-state index contributed by atoms with van der Waals surface area (Å²) in [5, 5.41) is 12.9. The molecule has 2 N–H and O–H groups in total. The third-order valence-electron chi connectivity index (χ3n) is 2.97. The third kappa shape index (κ3) is 3.97. The molecule has 0 saturated carbocycles. The van der Waals surface area contributed by atoms with E-state index in [9.17, 15) is 9.90 Å². The zero-order valence-corrected chi connectivity index (χ0v) is 14.2. The maximum atomic E-state index is 12.2. The SMILES string of the molecule is COc1cc(I)c(Cl)cc1C(=O)NC(C)(C)C(C)O. The Morgan fingerprint density at radius 1 is 1.53 bits per heavy atom. The molecular weight excluding hydrogens is 381 g/mol. The molecule has 0 spiro atoms. The first kappa shape index (κ1) is 16.5. The molecule has 6 heteroatoms. The van der Waals surface area contributed by atoms with Gasteiger partial charge in [0.2, 0.25) is 0 Å². The Labute approximate surface area is 131 Å². The van der Waals surface area contributed by atoms with E-state index in [0.717, 1.165) is 3.57 Å². The molecule has 0 bridgehead atoms. The molecule has 0 saturated heterocycles. The van der Waals surface area contributed by atoms with Gasteiger partial charge in [-0.15, -0.1) is 0 Å². The van der Waals surface area contributed by atoms with Gasteiger partial charge in [-0.25, -0.2) is 0 Å². The van der Waals surface area contributed by atoms with Crippen LogP contribution in [0.5, 0.6) is 5.75 Å². The van der Waals surface area contributed by atoms with Crippen LogP contribution in [0, 0.1) is 3.57 Å². The standard InChI is InChI=1S/C13H17ClINO3/c1-7(17)13(2,3)16-12(18)8-5-9(14)10(15)6-11(8)19-4/h5-7,17H,1-4H3,(H,16,18). The summed E-state index contributed by atoms with van der Waals surface area (Å²) in [5.41, 5.74) is -0.390. The van der Waals surface area contributed by atoms with E-state index in [2.05, 4.69) is 27.9 Å². The van der Waals surface area contributed by atoms with E-state index in [1.54, 1.807) is 32.9 Å². The highest BCUT2D eigenvalue weighted by atomic mass is 127. The Bertz CT molecular complexity index is 489. The van der Waals surface area contributed by atoms with Crippen LogP contribution in [0.2, 0.25) is 5.02 Å². The van der Waals surface area contributed by atoms with Gasteiger partial charge in [0.25, 0.3) is 5.91 Å². The van der Waals surface area contributed by atoms with Gasteiger partial charge in [0.15, 0.2) is 0 Å². The Morgan fingerprint density at radius 3 is 2.58 bits per heavy atom. The number of aliphatic hydroxyl groups excluding tert-OH is 1. The molecule has 0 aliphatic rings. The molecule has 1 unspecified atom stereocenters. The van der Waals surface area contributed by atoms with Gasteiger partial charge in [-0.1, -0.05) is 11.6 Å². The van der Waals surface area contributed by atoms with Gasteiger partial charge in [0.1, 0.15) is 5.75 Å². The summed E-state index contributed by atoms with van der Waals surface area (Å²) in [6.07, 6.45) is -0.679. The molecule has 1 rings (SSSR count). The molecule has 106 valence electrons. The zero-order valence-electron chi connectivity index (χ0n) is 11.3. The first-order chi connectivity index (χ1) is 8.69. The van der Waals surface area contributed by atoms with Crippen LogP contribution in [0.1, 0.15) is 31.1 Å². The van der Waals surface area contributed by atoms with E-state index in [4.69, 9.17) is 16.3 Å². The number of benzene rings is 1. The molecule has 19 heavy (non-hydrogen) atoms. The van der Waals surface area contributed by atoms with Crippen molar-refractivity contribution in [2.45, 2.75) is 32.4 Å². The summed E-state index contributed by atoms with van der Waals surface area (Å²) in [6, 6.07) is 3.27. The maximum Gasteiger partial charge on any atom is 0.255 e. The fraction of sp³-hybridized carbons (Fsp3) is 0.462. The van der Waals surface area contributed by atoms with Crippen LogP contribution >= 0.6 is 34.2 Å². The minimum absolute atomic E-state index is 0.332. The predicted octanol–water partition coefficient (Wildman–Crippen LogP) is 2.84. The van der Waals surface area contributed by atoms with Crippen molar-refractivity contribution in [1.29, 1.82) is 0 Å². The second kappa shape index (κ2) is 6.28. The van der Waals surface area contributed by atoms with Crippen molar-refractivity contribution in [3.63, 3.8) is 0 Å². The number of halogens is 2. The number of hydrogen-bond acceptors (Lipinski definition) is 3. The normalized spacial score (nSPS) is 13.0. The quantitative estimate of drug-likeness (QED) is 0.768. The molecule has 0 aliphatic heterocycles. The number of nitrogens with one attached hydrogen (secondary N) is 1. The highest BCUT2D eigenvalue weighted by Gasteiger charge is 2.28. The molecule has 0 radical (unpaired) electrons. The Kier molecular flexibility index (Phi) is 5.46. The number of aliphatic hydroxyl groups is 1. The predicted molar refractivity (Wildman–Crippen MR) is 83.9 cm³/mol. The first-order valence-corrected chi connectivity index (χ1v) is 7.18. The molecule has 0 aromatic heterocycles. The van der Waals surface area contributed by atoms with Crippen LogP contribution in [0.25, 0.3) is 0 Å². The van der Waals surface area contributed by atoms with Crippen LogP contribution < -0.4 is 10.1 Å². The van der Waals surface area contributed by atoms with E-state index < -0.39 is 11.6 Å². The summed E-state index contributed by atoms with van der Waals surface area (Å²) < 4.78 is 6.00. The fourth-order valence-corrected chi connectivity index (χ4v) is 1.94. The molecule has 1 atom stereocenters. The lowest BCUT2D eigenvalue weighted by molar-refractivity contribution is 0.0707. The van der Waals surface area contributed by atoms with Crippen molar-refractivity contribution in [2.24, 2.45) is 0 Å². The molecule has 1 aromatic rings. The van der Waals surface area contributed by atoms with Gasteiger partial charge in [0, 0.05) is 3.57 Å². The molecule has 0 fully saturated rings. The van der Waals surface area contributed by atoms with Gasteiger partial charge in [0.05, 0.1) is 29.3 Å². The third-order valence-corrected chi connectivity index (χ3v) is 4.49. The minimum Gasteiger partial charge on any atom is -0.496 e. The average molecular weight is 398 g/mol. The summed E-state index contributed by atoms with van der Waals surface area (Å²) in [5.74, 6) is 0.119. The van der Waals surface area contributed by atoms with Gasteiger partial charge in [-0.2, -0.15) is 0 Å². The number of methoxy groups -OCH3 is 1. The minimum atomic E-state index is -0.739. The van der Waals surface area contributed by atoms with Crippen molar-refractivity contribution in [2.75, 3.05) is 7.11 Å². The molecular formula is C13H17ClINO3.